The van der Waals surface area contributed by atoms with E-state index in [-0.39, 0.29) is 28.1 Å². The van der Waals surface area contributed by atoms with Crippen molar-refractivity contribution in [2.45, 2.75) is 6.61 Å². The van der Waals surface area contributed by atoms with Gasteiger partial charge in [-0.05, 0) is 35.7 Å². The second-order valence-electron chi connectivity index (χ2n) is 6.21. The fourth-order valence-electron chi connectivity index (χ4n) is 3.18. The lowest BCUT2D eigenvalue weighted by atomic mass is 9.93. The Bertz CT molecular complexity index is 1180. The van der Waals surface area contributed by atoms with Crippen LogP contribution in [0.3, 0.4) is 0 Å². The van der Waals surface area contributed by atoms with Gasteiger partial charge in [-0.2, -0.15) is 0 Å². The van der Waals surface area contributed by atoms with Crippen LogP contribution in [0.5, 0.6) is 5.75 Å². The molecule has 0 unspecified atom stereocenters. The maximum atomic E-state index is 12.3. The molecule has 0 saturated carbocycles. The molecule has 0 spiro atoms. The Morgan fingerprint density at radius 3 is 2.66 bits per heavy atom. The van der Waals surface area contributed by atoms with E-state index in [1.807, 2.05) is 11.4 Å². The Hall–Kier alpha value is -3.72. The summed E-state index contributed by atoms with van der Waals surface area (Å²) in [6.45, 7) is 0.362. The van der Waals surface area contributed by atoms with E-state index in [0.717, 1.165) is 17.6 Å². The highest BCUT2D eigenvalue weighted by atomic mass is 32.1. The summed E-state index contributed by atoms with van der Waals surface area (Å²) >= 11 is 1.50. The first-order valence-corrected chi connectivity index (χ1v) is 9.29. The van der Waals surface area contributed by atoms with Gasteiger partial charge in [0.2, 0.25) is 0 Å². The number of thiophene rings is 1. The number of fused-ring (bicyclic) bond motifs is 3. The van der Waals surface area contributed by atoms with Crippen molar-refractivity contribution in [2.75, 3.05) is 7.11 Å². The average molecular weight is 410 g/mol. The number of carbonyl (C=O) groups is 3. The van der Waals surface area contributed by atoms with Crippen molar-refractivity contribution in [3.05, 3.63) is 58.2 Å². The van der Waals surface area contributed by atoms with Crippen molar-refractivity contribution in [3.63, 3.8) is 0 Å². The highest BCUT2D eigenvalue weighted by molar-refractivity contribution is 7.13. The van der Waals surface area contributed by atoms with Gasteiger partial charge >= 0.3 is 11.9 Å². The van der Waals surface area contributed by atoms with Crippen molar-refractivity contribution < 1.29 is 29.0 Å². The first-order valence-electron chi connectivity index (χ1n) is 8.41. The molecule has 0 aliphatic carbocycles. The second-order valence-corrected chi connectivity index (χ2v) is 7.13. The van der Waals surface area contributed by atoms with Gasteiger partial charge in [0.1, 0.15) is 18.1 Å². The number of carbonyl (C=O) groups excluding carboxylic acids is 2. The number of rotatable bonds is 4. The van der Waals surface area contributed by atoms with Gasteiger partial charge in [-0.1, -0.05) is 0 Å². The molecule has 146 valence electrons. The maximum Gasteiger partial charge on any atom is 0.357 e. The van der Waals surface area contributed by atoms with Crippen LogP contribution in [-0.4, -0.2) is 35.0 Å². The summed E-state index contributed by atoms with van der Waals surface area (Å²) in [5, 5.41) is 11.7. The number of esters is 1. The summed E-state index contributed by atoms with van der Waals surface area (Å²) in [5.41, 5.74) is 6.94. The number of methoxy groups -OCH3 is 1. The zero-order valence-corrected chi connectivity index (χ0v) is 15.9. The van der Waals surface area contributed by atoms with Crippen molar-refractivity contribution in [1.82, 2.24) is 4.98 Å². The third-order valence-corrected chi connectivity index (χ3v) is 5.53. The van der Waals surface area contributed by atoms with Crippen LogP contribution in [0.1, 0.15) is 36.9 Å². The Labute approximate surface area is 168 Å². The Balaban J connectivity index is 1.98. The standard InChI is InChI=1S/C20H14N2O6S/c1-27-20(26)16-10(2-3-14(22-16)18(21)23)11-7-15-13(6-12(11)19(24)25)17-9(8-28-15)4-5-29-17/h2-7H,8H2,1H3,(H2,21,23)(H,24,25). The molecule has 0 atom stereocenters. The van der Waals surface area contributed by atoms with Crippen molar-refractivity contribution >= 4 is 29.2 Å². The highest BCUT2D eigenvalue weighted by Crippen LogP contribution is 2.44. The van der Waals surface area contributed by atoms with Gasteiger partial charge in [-0.15, -0.1) is 11.3 Å². The SMILES string of the molecule is COC(=O)c1nc(C(N)=O)ccc1-c1cc2c(cc1C(=O)O)-c1sccc1CO2. The minimum Gasteiger partial charge on any atom is -0.488 e. The largest absolute Gasteiger partial charge is 0.488 e. The number of carboxylic acids is 1. The van der Waals surface area contributed by atoms with Crippen LogP contribution in [0.2, 0.25) is 0 Å². The van der Waals surface area contributed by atoms with Gasteiger partial charge in [0.15, 0.2) is 5.69 Å². The predicted octanol–water partition coefficient (Wildman–Crippen LogP) is 2.95. The normalized spacial score (nSPS) is 11.8. The number of aromatic nitrogens is 1. The molecule has 8 nitrogen and oxygen atoms in total. The molecule has 3 aromatic rings. The number of carboxylic acid groups (broad SMARTS) is 1. The van der Waals surface area contributed by atoms with Crippen LogP contribution in [0.4, 0.5) is 0 Å². The molecule has 1 aromatic carbocycles. The van der Waals surface area contributed by atoms with Crippen LogP contribution in [0.25, 0.3) is 21.6 Å². The van der Waals surface area contributed by atoms with Gasteiger partial charge in [-0.25, -0.2) is 14.6 Å². The van der Waals surface area contributed by atoms with Gasteiger partial charge in [0.25, 0.3) is 5.91 Å². The van der Waals surface area contributed by atoms with Crippen molar-refractivity contribution in [3.8, 4) is 27.3 Å². The lowest BCUT2D eigenvalue weighted by molar-refractivity contribution is 0.0593. The van der Waals surface area contributed by atoms with Gasteiger partial charge in [0.05, 0.1) is 12.7 Å². The molecule has 0 saturated heterocycles. The van der Waals surface area contributed by atoms with E-state index in [1.165, 1.54) is 29.5 Å². The maximum absolute atomic E-state index is 12.3. The molecule has 29 heavy (non-hydrogen) atoms. The minimum atomic E-state index is -1.18. The Morgan fingerprint density at radius 1 is 1.17 bits per heavy atom. The number of ether oxygens (including phenoxy) is 2. The second kappa shape index (κ2) is 7.02. The molecule has 1 aliphatic heterocycles. The number of aromatic carboxylic acids is 1. The zero-order valence-electron chi connectivity index (χ0n) is 15.1. The van der Waals surface area contributed by atoms with Crippen molar-refractivity contribution in [2.24, 2.45) is 5.73 Å². The molecule has 0 fully saturated rings. The first-order chi connectivity index (χ1) is 13.9. The van der Waals surface area contributed by atoms with Gasteiger partial charge in [0, 0.05) is 27.1 Å². The van der Waals surface area contributed by atoms with E-state index >= 15 is 0 Å². The molecule has 1 aliphatic rings. The fourth-order valence-corrected chi connectivity index (χ4v) is 4.12. The smallest absolute Gasteiger partial charge is 0.357 e. The zero-order chi connectivity index (χ0) is 20.7. The van der Waals surface area contributed by atoms with E-state index < -0.39 is 17.8 Å². The van der Waals surface area contributed by atoms with Crippen LogP contribution in [-0.2, 0) is 11.3 Å². The number of hydrogen-bond acceptors (Lipinski definition) is 7. The molecule has 4 rings (SSSR count). The molecular formula is C20H14N2O6S. The lowest BCUT2D eigenvalue weighted by Gasteiger charge is -2.20. The quantitative estimate of drug-likeness (QED) is 0.633. The third kappa shape index (κ3) is 3.11. The van der Waals surface area contributed by atoms with E-state index in [2.05, 4.69) is 4.98 Å². The molecule has 3 N–H and O–H groups in total. The van der Waals surface area contributed by atoms with Gasteiger partial charge in [-0.3, -0.25) is 4.79 Å². The lowest BCUT2D eigenvalue weighted by Crippen LogP contribution is -2.17. The summed E-state index contributed by atoms with van der Waals surface area (Å²) in [7, 11) is 1.16. The minimum absolute atomic E-state index is 0.0348. The van der Waals surface area contributed by atoms with E-state index in [1.54, 1.807) is 6.07 Å². The number of benzene rings is 1. The summed E-state index contributed by atoms with van der Waals surface area (Å²) in [4.78, 5) is 40.7. The molecule has 0 radical (unpaired) electrons. The monoisotopic (exact) mass is 410 g/mol. The van der Waals surface area contributed by atoms with Crippen LogP contribution in [0.15, 0.2) is 35.7 Å². The first kappa shape index (κ1) is 18.6. The molecule has 9 heteroatoms. The topological polar surface area (TPSA) is 129 Å². The number of pyridine rings is 1. The highest BCUT2D eigenvalue weighted by Gasteiger charge is 2.27. The van der Waals surface area contributed by atoms with Crippen LogP contribution >= 0.6 is 11.3 Å². The van der Waals surface area contributed by atoms with Gasteiger partial charge < -0.3 is 20.3 Å². The summed E-state index contributed by atoms with van der Waals surface area (Å²) in [6, 6.07) is 7.76. The predicted molar refractivity (Wildman–Crippen MR) is 104 cm³/mol. The van der Waals surface area contributed by atoms with Crippen LogP contribution in [0, 0.1) is 0 Å². The third-order valence-electron chi connectivity index (χ3n) is 4.54. The average Bonchev–Trinajstić information content (AvgIpc) is 3.20. The molecular weight excluding hydrogens is 396 g/mol. The summed E-state index contributed by atoms with van der Waals surface area (Å²) < 4.78 is 10.5. The molecule has 3 heterocycles. The number of primary amides is 1. The van der Waals surface area contributed by atoms with Crippen molar-refractivity contribution in [1.29, 1.82) is 0 Å². The Kier molecular flexibility index (Phi) is 4.51. The number of nitrogens with zero attached hydrogens (tertiary/aromatic N) is 1. The Morgan fingerprint density at radius 2 is 1.97 bits per heavy atom. The van der Waals surface area contributed by atoms with E-state index in [4.69, 9.17) is 15.2 Å². The number of hydrogen-bond donors (Lipinski definition) is 2. The van der Waals surface area contributed by atoms with E-state index in [9.17, 15) is 19.5 Å². The molecule has 2 aromatic heterocycles. The van der Waals surface area contributed by atoms with E-state index in [0.29, 0.717) is 17.9 Å². The fraction of sp³-hybridized carbons (Fsp3) is 0.100. The summed E-state index contributed by atoms with van der Waals surface area (Å²) in [6.07, 6.45) is 0. The summed E-state index contributed by atoms with van der Waals surface area (Å²) in [5.74, 6) is -2.33. The molecule has 1 amide bonds. The number of amides is 1. The molecule has 0 bridgehead atoms. The number of nitrogens with two attached hydrogens (primary N) is 1. The van der Waals surface area contributed by atoms with Crippen LogP contribution < -0.4 is 10.5 Å².